The zero-order valence-electron chi connectivity index (χ0n) is 11.9. The van der Waals surface area contributed by atoms with Gasteiger partial charge in [0.25, 0.3) is 5.91 Å². The fraction of sp³-hybridized carbons (Fsp3) is 0.643. The van der Waals surface area contributed by atoms with E-state index in [4.69, 9.17) is 0 Å². The van der Waals surface area contributed by atoms with Crippen LogP contribution >= 0.6 is 0 Å². The van der Waals surface area contributed by atoms with E-state index in [1.54, 1.807) is 13.2 Å². The summed E-state index contributed by atoms with van der Waals surface area (Å²) in [6.45, 7) is 4.51. The van der Waals surface area contributed by atoms with Crippen molar-refractivity contribution in [3.05, 3.63) is 18.1 Å². The molecule has 2 N–H and O–H groups in total. The van der Waals surface area contributed by atoms with Crippen molar-refractivity contribution >= 4 is 11.7 Å². The van der Waals surface area contributed by atoms with E-state index >= 15 is 0 Å². The molecule has 104 valence electrons. The molecule has 0 saturated heterocycles. The zero-order chi connectivity index (χ0) is 13.9. The van der Waals surface area contributed by atoms with E-state index < -0.39 is 0 Å². The number of amides is 1. The summed E-state index contributed by atoms with van der Waals surface area (Å²) in [5, 5.41) is 5.96. The predicted octanol–water partition coefficient (Wildman–Crippen LogP) is 2.22. The van der Waals surface area contributed by atoms with Gasteiger partial charge in [-0.15, -0.1) is 0 Å². The number of anilines is 1. The fourth-order valence-corrected chi connectivity index (χ4v) is 2.68. The molecule has 1 heterocycles. The molecule has 0 spiro atoms. The molecule has 1 aliphatic rings. The van der Waals surface area contributed by atoms with E-state index in [0.717, 1.165) is 12.8 Å². The average Bonchev–Trinajstić information content (AvgIpc) is 2.37. The van der Waals surface area contributed by atoms with Crippen molar-refractivity contribution in [2.45, 2.75) is 45.6 Å². The van der Waals surface area contributed by atoms with Crippen LogP contribution in [0.25, 0.3) is 0 Å². The maximum Gasteiger partial charge on any atom is 0.271 e. The van der Waals surface area contributed by atoms with Crippen LogP contribution in [0.4, 0.5) is 5.82 Å². The summed E-state index contributed by atoms with van der Waals surface area (Å²) in [7, 11) is 1.76. The van der Waals surface area contributed by atoms with Crippen LogP contribution < -0.4 is 10.6 Å². The lowest BCUT2D eigenvalue weighted by Crippen LogP contribution is -2.41. The lowest BCUT2D eigenvalue weighted by molar-refractivity contribution is 0.0897. The molecular formula is C14H22N4O. The standard InChI is InChI=1S/C14H22N4O/c1-14(2)6-4-5-10(7-14)17-13(19)11-8-16-9-12(15-3)18-11/h8-10H,4-7H2,1-3H3,(H,15,18)(H,17,19). The van der Waals surface area contributed by atoms with Crippen LogP contribution in [0.2, 0.25) is 0 Å². The van der Waals surface area contributed by atoms with Gasteiger partial charge in [0.15, 0.2) is 0 Å². The highest BCUT2D eigenvalue weighted by atomic mass is 16.1. The Morgan fingerprint density at radius 3 is 2.89 bits per heavy atom. The Morgan fingerprint density at radius 1 is 1.42 bits per heavy atom. The molecule has 0 bridgehead atoms. The van der Waals surface area contributed by atoms with Gasteiger partial charge in [0.1, 0.15) is 11.5 Å². The molecule has 1 atom stereocenters. The maximum absolute atomic E-state index is 12.2. The molecule has 1 saturated carbocycles. The third-order valence-electron chi connectivity index (χ3n) is 3.66. The average molecular weight is 262 g/mol. The van der Waals surface area contributed by atoms with Crippen LogP contribution in [0.5, 0.6) is 0 Å². The van der Waals surface area contributed by atoms with E-state index in [9.17, 15) is 4.79 Å². The Kier molecular flexibility index (Phi) is 4.02. The quantitative estimate of drug-likeness (QED) is 0.876. The number of nitrogens with one attached hydrogen (secondary N) is 2. The third-order valence-corrected chi connectivity index (χ3v) is 3.66. The molecule has 5 nitrogen and oxygen atoms in total. The molecule has 5 heteroatoms. The molecule has 1 aliphatic carbocycles. The van der Waals surface area contributed by atoms with Gasteiger partial charge in [0.05, 0.1) is 12.4 Å². The van der Waals surface area contributed by atoms with Crippen molar-refractivity contribution < 1.29 is 4.79 Å². The minimum atomic E-state index is -0.132. The first-order valence-electron chi connectivity index (χ1n) is 6.81. The SMILES string of the molecule is CNc1cncc(C(=O)NC2CCCC(C)(C)C2)n1. The topological polar surface area (TPSA) is 66.9 Å². The minimum absolute atomic E-state index is 0.132. The Labute approximate surface area is 114 Å². The number of carbonyl (C=O) groups is 1. The van der Waals surface area contributed by atoms with Crippen molar-refractivity contribution in [2.24, 2.45) is 5.41 Å². The summed E-state index contributed by atoms with van der Waals surface area (Å²) < 4.78 is 0. The summed E-state index contributed by atoms with van der Waals surface area (Å²) in [5.41, 5.74) is 0.685. The molecule has 0 aromatic carbocycles. The van der Waals surface area contributed by atoms with E-state index in [0.29, 0.717) is 16.9 Å². The van der Waals surface area contributed by atoms with Gasteiger partial charge < -0.3 is 10.6 Å². The number of aromatic nitrogens is 2. The molecule has 1 amide bonds. The van der Waals surface area contributed by atoms with Gasteiger partial charge in [-0.2, -0.15) is 0 Å². The number of hydrogen-bond acceptors (Lipinski definition) is 4. The smallest absolute Gasteiger partial charge is 0.271 e. The van der Waals surface area contributed by atoms with E-state index in [2.05, 4.69) is 34.4 Å². The second-order valence-corrected chi connectivity index (χ2v) is 5.97. The number of carbonyl (C=O) groups excluding carboxylic acids is 1. The third kappa shape index (κ3) is 3.66. The highest BCUT2D eigenvalue weighted by Gasteiger charge is 2.29. The van der Waals surface area contributed by atoms with Crippen LogP contribution in [-0.2, 0) is 0 Å². The summed E-state index contributed by atoms with van der Waals surface area (Å²) in [6.07, 6.45) is 7.57. The molecule has 0 radical (unpaired) electrons. The normalized spacial score (nSPS) is 21.7. The lowest BCUT2D eigenvalue weighted by Gasteiger charge is -2.35. The highest BCUT2D eigenvalue weighted by Crippen LogP contribution is 2.35. The van der Waals surface area contributed by atoms with Gasteiger partial charge in [-0.25, -0.2) is 4.98 Å². The van der Waals surface area contributed by atoms with Crippen LogP contribution in [-0.4, -0.2) is 29.0 Å². The lowest BCUT2D eigenvalue weighted by atomic mass is 9.75. The Bertz CT molecular complexity index is 459. The summed E-state index contributed by atoms with van der Waals surface area (Å²) in [4.78, 5) is 20.4. The fourth-order valence-electron chi connectivity index (χ4n) is 2.68. The predicted molar refractivity (Wildman–Crippen MR) is 75.1 cm³/mol. The number of rotatable bonds is 3. The molecule has 1 fully saturated rings. The van der Waals surface area contributed by atoms with Crippen LogP contribution in [0.1, 0.15) is 50.0 Å². The summed E-state index contributed by atoms with van der Waals surface area (Å²) in [5.74, 6) is 0.476. The first-order valence-corrected chi connectivity index (χ1v) is 6.81. The van der Waals surface area contributed by atoms with Crippen molar-refractivity contribution in [3.63, 3.8) is 0 Å². The molecule has 2 rings (SSSR count). The summed E-state index contributed by atoms with van der Waals surface area (Å²) >= 11 is 0. The van der Waals surface area contributed by atoms with Gasteiger partial charge in [0.2, 0.25) is 0 Å². The van der Waals surface area contributed by atoms with Gasteiger partial charge in [-0.1, -0.05) is 20.3 Å². The monoisotopic (exact) mass is 262 g/mol. The highest BCUT2D eigenvalue weighted by molar-refractivity contribution is 5.92. The molecule has 1 aromatic heterocycles. The van der Waals surface area contributed by atoms with E-state index in [1.807, 2.05) is 0 Å². The number of hydrogen-bond donors (Lipinski definition) is 2. The molecule has 1 aromatic rings. The first-order chi connectivity index (χ1) is 9.00. The number of nitrogens with zero attached hydrogens (tertiary/aromatic N) is 2. The largest absolute Gasteiger partial charge is 0.372 e. The van der Waals surface area contributed by atoms with E-state index in [1.165, 1.54) is 19.0 Å². The van der Waals surface area contributed by atoms with Crippen LogP contribution in [0.15, 0.2) is 12.4 Å². The van der Waals surface area contributed by atoms with Crippen molar-refractivity contribution in [1.82, 2.24) is 15.3 Å². The Balaban J connectivity index is 2.00. The zero-order valence-corrected chi connectivity index (χ0v) is 11.9. The van der Waals surface area contributed by atoms with Gasteiger partial charge in [-0.05, 0) is 24.7 Å². The maximum atomic E-state index is 12.2. The van der Waals surface area contributed by atoms with Crippen molar-refractivity contribution in [3.8, 4) is 0 Å². The van der Waals surface area contributed by atoms with Crippen molar-refractivity contribution in [1.29, 1.82) is 0 Å². The first kappa shape index (κ1) is 13.8. The second kappa shape index (κ2) is 5.55. The van der Waals surface area contributed by atoms with E-state index in [-0.39, 0.29) is 11.9 Å². The summed E-state index contributed by atoms with van der Waals surface area (Å²) in [6, 6.07) is 0.247. The molecule has 19 heavy (non-hydrogen) atoms. The minimum Gasteiger partial charge on any atom is -0.372 e. The van der Waals surface area contributed by atoms with Crippen LogP contribution in [0, 0.1) is 5.41 Å². The Morgan fingerprint density at radius 2 is 2.21 bits per heavy atom. The van der Waals surface area contributed by atoms with Gasteiger partial charge >= 0.3 is 0 Å². The second-order valence-electron chi connectivity index (χ2n) is 5.97. The molecule has 0 aliphatic heterocycles. The molecule has 1 unspecified atom stereocenters. The molecular weight excluding hydrogens is 240 g/mol. The Hall–Kier alpha value is -1.65. The van der Waals surface area contributed by atoms with Gasteiger partial charge in [-0.3, -0.25) is 9.78 Å². The van der Waals surface area contributed by atoms with Gasteiger partial charge in [0, 0.05) is 13.1 Å². The van der Waals surface area contributed by atoms with Crippen molar-refractivity contribution in [2.75, 3.05) is 12.4 Å². The van der Waals surface area contributed by atoms with Crippen LogP contribution in [0.3, 0.4) is 0 Å².